The molecule has 0 fully saturated rings. The molecule has 0 aromatic carbocycles. The number of hydrogen-bond acceptors (Lipinski definition) is 7. The molecule has 0 unspecified atom stereocenters. The molecule has 0 saturated carbocycles. The van der Waals surface area contributed by atoms with Crippen LogP contribution in [-0.4, -0.2) is 39.8 Å². The van der Waals surface area contributed by atoms with Crippen molar-refractivity contribution in [3.8, 4) is 5.95 Å². The maximum Gasteiger partial charge on any atom is 0.292 e. The van der Waals surface area contributed by atoms with Crippen molar-refractivity contribution in [3.63, 3.8) is 0 Å². The van der Waals surface area contributed by atoms with Crippen molar-refractivity contribution in [3.05, 3.63) is 17.5 Å². The van der Waals surface area contributed by atoms with Gasteiger partial charge in [0.25, 0.3) is 11.7 Å². The second kappa shape index (κ2) is 3.20. The molecule has 0 aliphatic rings. The van der Waals surface area contributed by atoms with Crippen molar-refractivity contribution < 1.29 is 0 Å². The number of rotatable bonds is 1. The zero-order valence-corrected chi connectivity index (χ0v) is 9.23. The van der Waals surface area contributed by atoms with Gasteiger partial charge >= 0.3 is 0 Å². The van der Waals surface area contributed by atoms with Gasteiger partial charge in [-0.3, -0.25) is 0 Å². The monoisotopic (exact) mass is 231 g/mol. The van der Waals surface area contributed by atoms with Gasteiger partial charge in [-0.15, -0.1) is 25.5 Å². The van der Waals surface area contributed by atoms with E-state index in [9.17, 15) is 0 Å². The van der Waals surface area contributed by atoms with E-state index in [-0.39, 0.29) is 11.7 Å². The second-order valence-corrected chi connectivity index (χ2v) is 3.61. The van der Waals surface area contributed by atoms with Crippen molar-refractivity contribution >= 4 is 11.7 Å². The molecule has 0 saturated heterocycles. The molecule has 9 heteroatoms. The van der Waals surface area contributed by atoms with E-state index in [1.165, 1.54) is 4.52 Å². The molecule has 3 aromatic heterocycles. The Hall–Kier alpha value is -2.58. The van der Waals surface area contributed by atoms with Crippen molar-refractivity contribution in [2.75, 3.05) is 5.73 Å². The first-order valence-electron chi connectivity index (χ1n) is 4.90. The van der Waals surface area contributed by atoms with E-state index in [1.54, 1.807) is 4.68 Å². The van der Waals surface area contributed by atoms with Gasteiger partial charge in [-0.25, -0.2) is 4.68 Å². The van der Waals surface area contributed by atoms with E-state index in [1.807, 2.05) is 19.9 Å². The first-order chi connectivity index (χ1) is 8.15. The third-order valence-corrected chi connectivity index (χ3v) is 2.27. The lowest BCUT2D eigenvalue weighted by atomic mass is 10.4. The molecule has 17 heavy (non-hydrogen) atoms. The standard InChI is InChI=1S/C8H9N9/c1-4-3-5(2)16(14-4)8-13-12-7-11-10-6(9)17(7)15-8/h3H,1-2H3,(H2,9,10). The van der Waals surface area contributed by atoms with Crippen LogP contribution in [0.5, 0.6) is 0 Å². The smallest absolute Gasteiger partial charge is 0.292 e. The Morgan fingerprint density at radius 2 is 1.82 bits per heavy atom. The lowest BCUT2D eigenvalue weighted by molar-refractivity contribution is 0.701. The van der Waals surface area contributed by atoms with Gasteiger partial charge in [-0.2, -0.15) is 9.61 Å². The number of nitrogens with zero attached hydrogens (tertiary/aromatic N) is 8. The highest BCUT2D eigenvalue weighted by atomic mass is 15.5. The topological polar surface area (TPSA) is 113 Å². The molecule has 0 radical (unpaired) electrons. The Morgan fingerprint density at radius 3 is 2.53 bits per heavy atom. The van der Waals surface area contributed by atoms with Gasteiger partial charge in [0.1, 0.15) is 0 Å². The van der Waals surface area contributed by atoms with Crippen LogP contribution >= 0.6 is 0 Å². The van der Waals surface area contributed by atoms with E-state index < -0.39 is 0 Å². The Morgan fingerprint density at radius 1 is 1.06 bits per heavy atom. The normalized spacial score (nSPS) is 11.2. The number of aryl methyl sites for hydroxylation is 2. The Labute approximate surface area is 95.3 Å². The minimum Gasteiger partial charge on any atom is -0.366 e. The zero-order chi connectivity index (χ0) is 12.0. The van der Waals surface area contributed by atoms with Crippen LogP contribution in [0.2, 0.25) is 0 Å². The maximum absolute atomic E-state index is 5.60. The largest absolute Gasteiger partial charge is 0.366 e. The molecule has 9 nitrogen and oxygen atoms in total. The molecular formula is C8H9N9. The average Bonchev–Trinajstić information content (AvgIpc) is 2.83. The van der Waals surface area contributed by atoms with Gasteiger partial charge in [0.05, 0.1) is 5.69 Å². The SMILES string of the molecule is Cc1cc(C)n(-c2nnc3nnc(N)n3n2)n1. The molecule has 0 atom stereocenters. The third kappa shape index (κ3) is 1.40. The highest BCUT2D eigenvalue weighted by Crippen LogP contribution is 2.07. The number of anilines is 1. The summed E-state index contributed by atoms with van der Waals surface area (Å²) in [6.45, 7) is 3.80. The summed E-state index contributed by atoms with van der Waals surface area (Å²) in [5.41, 5.74) is 7.39. The summed E-state index contributed by atoms with van der Waals surface area (Å²) >= 11 is 0. The minimum absolute atomic E-state index is 0.165. The van der Waals surface area contributed by atoms with Crippen LogP contribution in [0.1, 0.15) is 11.4 Å². The fraction of sp³-hybridized carbons (Fsp3) is 0.250. The van der Waals surface area contributed by atoms with E-state index in [2.05, 4.69) is 30.6 Å². The highest BCUT2D eigenvalue weighted by Gasteiger charge is 2.11. The van der Waals surface area contributed by atoms with Gasteiger partial charge < -0.3 is 5.73 Å². The number of nitrogens with two attached hydrogens (primary N) is 1. The van der Waals surface area contributed by atoms with Crippen LogP contribution in [-0.2, 0) is 0 Å². The van der Waals surface area contributed by atoms with E-state index >= 15 is 0 Å². The van der Waals surface area contributed by atoms with Crippen molar-refractivity contribution in [2.24, 2.45) is 0 Å². The van der Waals surface area contributed by atoms with Crippen LogP contribution in [0.4, 0.5) is 5.95 Å². The fourth-order valence-corrected chi connectivity index (χ4v) is 1.56. The summed E-state index contributed by atoms with van der Waals surface area (Å²) in [5, 5.41) is 23.6. The van der Waals surface area contributed by atoms with Gasteiger partial charge in [0, 0.05) is 5.69 Å². The molecule has 86 valence electrons. The van der Waals surface area contributed by atoms with E-state index in [0.717, 1.165) is 11.4 Å². The van der Waals surface area contributed by atoms with Gasteiger partial charge in [-0.05, 0) is 19.9 Å². The van der Waals surface area contributed by atoms with Crippen LogP contribution in [0, 0.1) is 13.8 Å². The number of nitrogen functional groups attached to an aromatic ring is 1. The first-order valence-corrected chi connectivity index (χ1v) is 4.90. The highest BCUT2D eigenvalue weighted by molar-refractivity contribution is 5.32. The Kier molecular flexibility index (Phi) is 1.82. The lowest BCUT2D eigenvalue weighted by Crippen LogP contribution is -2.11. The number of hydrogen-bond donors (Lipinski definition) is 1. The molecule has 3 aromatic rings. The van der Waals surface area contributed by atoms with Gasteiger partial charge in [0.15, 0.2) is 0 Å². The van der Waals surface area contributed by atoms with Crippen LogP contribution in [0.3, 0.4) is 0 Å². The van der Waals surface area contributed by atoms with Crippen LogP contribution in [0.25, 0.3) is 11.7 Å². The number of fused-ring (bicyclic) bond motifs is 1. The van der Waals surface area contributed by atoms with Crippen molar-refractivity contribution in [2.45, 2.75) is 13.8 Å². The first kappa shape index (κ1) is 9.63. The predicted molar refractivity (Wildman–Crippen MR) is 57.4 cm³/mol. The van der Waals surface area contributed by atoms with Crippen LogP contribution in [0.15, 0.2) is 6.07 Å². The predicted octanol–water partition coefficient (Wildman–Crippen LogP) is -0.701. The van der Waals surface area contributed by atoms with Gasteiger partial charge in [-0.1, -0.05) is 0 Å². The third-order valence-electron chi connectivity index (χ3n) is 2.27. The molecule has 0 spiro atoms. The minimum atomic E-state index is 0.165. The van der Waals surface area contributed by atoms with Crippen molar-refractivity contribution in [1.29, 1.82) is 0 Å². The molecule has 3 heterocycles. The maximum atomic E-state index is 5.60. The number of aromatic nitrogens is 8. The molecule has 0 bridgehead atoms. The summed E-state index contributed by atoms with van der Waals surface area (Å²) in [7, 11) is 0. The van der Waals surface area contributed by atoms with E-state index in [0.29, 0.717) is 5.95 Å². The summed E-state index contributed by atoms with van der Waals surface area (Å²) in [6, 6.07) is 1.92. The fourth-order valence-electron chi connectivity index (χ4n) is 1.56. The molecule has 2 N–H and O–H groups in total. The summed E-state index contributed by atoms with van der Waals surface area (Å²) in [6.07, 6.45) is 0. The summed E-state index contributed by atoms with van der Waals surface area (Å²) < 4.78 is 2.90. The molecule has 0 amide bonds. The van der Waals surface area contributed by atoms with E-state index in [4.69, 9.17) is 5.73 Å². The lowest BCUT2D eigenvalue weighted by Gasteiger charge is -2.00. The molecular weight excluding hydrogens is 222 g/mol. The van der Waals surface area contributed by atoms with Crippen LogP contribution < -0.4 is 5.73 Å². The average molecular weight is 231 g/mol. The zero-order valence-electron chi connectivity index (χ0n) is 9.23. The molecule has 0 aliphatic carbocycles. The molecule has 0 aliphatic heterocycles. The Bertz CT molecular complexity index is 694. The Balaban J connectivity index is 2.23. The second-order valence-electron chi connectivity index (χ2n) is 3.61. The van der Waals surface area contributed by atoms with Gasteiger partial charge in [0.2, 0.25) is 5.95 Å². The van der Waals surface area contributed by atoms with Crippen molar-refractivity contribution in [1.82, 2.24) is 39.8 Å². The summed E-state index contributed by atoms with van der Waals surface area (Å²) in [4.78, 5) is 0. The summed E-state index contributed by atoms with van der Waals surface area (Å²) in [5.74, 6) is 0.750. The molecule has 3 rings (SSSR count). The quantitative estimate of drug-likeness (QED) is 0.589.